The second-order valence-electron chi connectivity index (χ2n) is 5.63. The molecule has 7 heteroatoms. The van der Waals surface area contributed by atoms with Crippen LogP contribution in [0.25, 0.3) is 0 Å². The standard InChI is InChI=1S/C20H16ClN3O3/c21-20-7-2-1-4-16(20)14-27-19-10-8-15(9-11-19)13-22-23-17-5-3-6-18(12-17)24(25)26/h1-13,23H,14H2. The Balaban J connectivity index is 1.56. The predicted octanol–water partition coefficient (Wildman–Crippen LogP) is 5.27. The number of halogens is 1. The Labute approximate surface area is 161 Å². The Morgan fingerprint density at radius 2 is 1.85 bits per heavy atom. The normalized spacial score (nSPS) is 10.7. The predicted molar refractivity (Wildman–Crippen MR) is 107 cm³/mol. The molecule has 0 saturated carbocycles. The summed E-state index contributed by atoms with van der Waals surface area (Å²) in [5.41, 5.74) is 5.11. The number of non-ortho nitro benzene ring substituents is 1. The van der Waals surface area contributed by atoms with E-state index in [1.54, 1.807) is 18.3 Å². The van der Waals surface area contributed by atoms with Crippen LogP contribution < -0.4 is 10.2 Å². The SMILES string of the molecule is O=[N+]([O-])c1cccc(NN=Cc2ccc(OCc3ccccc3Cl)cc2)c1. The molecule has 0 aliphatic rings. The van der Waals surface area contributed by atoms with Crippen molar-refractivity contribution in [1.29, 1.82) is 0 Å². The van der Waals surface area contributed by atoms with Crippen LogP contribution in [0.15, 0.2) is 77.9 Å². The van der Waals surface area contributed by atoms with E-state index in [2.05, 4.69) is 10.5 Å². The molecule has 0 saturated heterocycles. The van der Waals surface area contributed by atoms with E-state index in [0.29, 0.717) is 17.3 Å². The molecule has 0 heterocycles. The van der Waals surface area contributed by atoms with Gasteiger partial charge in [-0.15, -0.1) is 0 Å². The molecule has 0 radical (unpaired) electrons. The highest BCUT2D eigenvalue weighted by atomic mass is 35.5. The van der Waals surface area contributed by atoms with E-state index in [1.807, 2.05) is 48.5 Å². The summed E-state index contributed by atoms with van der Waals surface area (Å²) in [4.78, 5) is 10.3. The number of nitro groups is 1. The van der Waals surface area contributed by atoms with Crippen molar-refractivity contribution < 1.29 is 9.66 Å². The number of hydrazone groups is 1. The fourth-order valence-electron chi connectivity index (χ4n) is 2.30. The van der Waals surface area contributed by atoms with Gasteiger partial charge in [-0.2, -0.15) is 5.10 Å². The second-order valence-corrected chi connectivity index (χ2v) is 6.03. The molecule has 1 N–H and O–H groups in total. The minimum atomic E-state index is -0.448. The van der Waals surface area contributed by atoms with Gasteiger partial charge >= 0.3 is 0 Å². The van der Waals surface area contributed by atoms with Crippen LogP contribution >= 0.6 is 11.6 Å². The van der Waals surface area contributed by atoms with Gasteiger partial charge in [-0.25, -0.2) is 0 Å². The van der Waals surface area contributed by atoms with Crippen molar-refractivity contribution in [3.05, 3.63) is 99.1 Å². The summed E-state index contributed by atoms with van der Waals surface area (Å²) < 4.78 is 5.73. The van der Waals surface area contributed by atoms with Gasteiger partial charge in [-0.05, 0) is 42.0 Å². The van der Waals surface area contributed by atoms with Crippen LogP contribution in [-0.2, 0) is 6.61 Å². The van der Waals surface area contributed by atoms with E-state index >= 15 is 0 Å². The highest BCUT2D eigenvalue weighted by molar-refractivity contribution is 6.31. The minimum Gasteiger partial charge on any atom is -0.489 e. The highest BCUT2D eigenvalue weighted by Crippen LogP contribution is 2.19. The van der Waals surface area contributed by atoms with E-state index in [4.69, 9.17) is 16.3 Å². The molecule has 3 rings (SSSR count). The van der Waals surface area contributed by atoms with Crippen LogP contribution in [0.4, 0.5) is 11.4 Å². The molecule has 3 aromatic carbocycles. The van der Waals surface area contributed by atoms with Gasteiger partial charge in [-0.1, -0.05) is 35.9 Å². The number of rotatable bonds is 7. The number of ether oxygens (including phenoxy) is 1. The molecule has 3 aromatic rings. The van der Waals surface area contributed by atoms with Gasteiger partial charge < -0.3 is 4.74 Å². The van der Waals surface area contributed by atoms with Gasteiger partial charge in [-0.3, -0.25) is 15.5 Å². The van der Waals surface area contributed by atoms with Gasteiger partial charge in [0.1, 0.15) is 12.4 Å². The molecule has 27 heavy (non-hydrogen) atoms. The maximum atomic E-state index is 10.8. The summed E-state index contributed by atoms with van der Waals surface area (Å²) in [6.07, 6.45) is 1.62. The highest BCUT2D eigenvalue weighted by Gasteiger charge is 2.04. The van der Waals surface area contributed by atoms with Crippen LogP contribution in [0.5, 0.6) is 5.75 Å². The van der Waals surface area contributed by atoms with Crippen molar-refractivity contribution in [2.24, 2.45) is 5.10 Å². The first-order chi connectivity index (χ1) is 13.1. The average molecular weight is 382 g/mol. The molecule has 0 amide bonds. The Kier molecular flexibility index (Phi) is 6.02. The lowest BCUT2D eigenvalue weighted by Gasteiger charge is -2.07. The molecule has 0 spiro atoms. The molecule has 0 bridgehead atoms. The summed E-state index contributed by atoms with van der Waals surface area (Å²) in [6, 6.07) is 21.1. The maximum Gasteiger partial charge on any atom is 0.271 e. The summed E-state index contributed by atoms with van der Waals surface area (Å²) in [6.45, 7) is 0.390. The van der Waals surface area contributed by atoms with Gasteiger partial charge in [0.15, 0.2) is 0 Å². The Hall–Kier alpha value is -3.38. The molecular formula is C20H16ClN3O3. The fraction of sp³-hybridized carbons (Fsp3) is 0.0500. The lowest BCUT2D eigenvalue weighted by atomic mass is 10.2. The lowest BCUT2D eigenvalue weighted by Crippen LogP contribution is -1.96. The summed E-state index contributed by atoms with van der Waals surface area (Å²) >= 11 is 6.11. The van der Waals surface area contributed by atoms with E-state index in [9.17, 15) is 10.1 Å². The largest absolute Gasteiger partial charge is 0.489 e. The monoisotopic (exact) mass is 381 g/mol. The van der Waals surface area contributed by atoms with Gasteiger partial charge in [0, 0.05) is 22.7 Å². The maximum absolute atomic E-state index is 10.8. The van der Waals surface area contributed by atoms with Crippen molar-refractivity contribution >= 4 is 29.2 Å². The number of nitrogens with one attached hydrogen (secondary N) is 1. The van der Waals surface area contributed by atoms with Crippen molar-refractivity contribution in [3.63, 3.8) is 0 Å². The number of benzene rings is 3. The lowest BCUT2D eigenvalue weighted by molar-refractivity contribution is -0.384. The number of nitro benzene ring substituents is 1. The third-order valence-electron chi connectivity index (χ3n) is 3.70. The van der Waals surface area contributed by atoms with Crippen molar-refractivity contribution in [1.82, 2.24) is 0 Å². The molecule has 0 atom stereocenters. The van der Waals surface area contributed by atoms with Crippen LogP contribution in [0.3, 0.4) is 0 Å². The third-order valence-corrected chi connectivity index (χ3v) is 4.07. The first kappa shape index (κ1) is 18.4. The van der Waals surface area contributed by atoms with E-state index in [1.165, 1.54) is 12.1 Å². The Bertz CT molecular complexity index is 959. The van der Waals surface area contributed by atoms with E-state index in [0.717, 1.165) is 16.9 Å². The topological polar surface area (TPSA) is 76.8 Å². The molecular weight excluding hydrogens is 366 g/mol. The van der Waals surface area contributed by atoms with E-state index in [-0.39, 0.29) is 5.69 Å². The van der Waals surface area contributed by atoms with Crippen LogP contribution in [-0.4, -0.2) is 11.1 Å². The second kappa shape index (κ2) is 8.82. The number of nitrogens with zero attached hydrogens (tertiary/aromatic N) is 2. The molecule has 0 unspecified atom stereocenters. The van der Waals surface area contributed by atoms with Crippen molar-refractivity contribution in [3.8, 4) is 5.75 Å². The van der Waals surface area contributed by atoms with Crippen molar-refractivity contribution in [2.75, 3.05) is 5.43 Å². The fourth-order valence-corrected chi connectivity index (χ4v) is 2.49. The van der Waals surface area contributed by atoms with Gasteiger partial charge in [0.2, 0.25) is 0 Å². The summed E-state index contributed by atoms with van der Waals surface area (Å²) in [5, 5.41) is 15.5. The average Bonchev–Trinajstić information content (AvgIpc) is 2.69. The first-order valence-corrected chi connectivity index (χ1v) is 8.49. The molecule has 0 aromatic heterocycles. The van der Waals surface area contributed by atoms with Crippen molar-refractivity contribution in [2.45, 2.75) is 6.61 Å². The molecule has 0 fully saturated rings. The smallest absolute Gasteiger partial charge is 0.271 e. The zero-order valence-electron chi connectivity index (χ0n) is 14.2. The van der Waals surface area contributed by atoms with Crippen LogP contribution in [0.1, 0.15) is 11.1 Å². The number of anilines is 1. The van der Waals surface area contributed by atoms with Crippen LogP contribution in [0, 0.1) is 10.1 Å². The van der Waals surface area contributed by atoms with E-state index < -0.39 is 4.92 Å². The molecule has 0 aliphatic heterocycles. The number of hydrogen-bond acceptors (Lipinski definition) is 5. The summed E-state index contributed by atoms with van der Waals surface area (Å²) in [7, 11) is 0. The minimum absolute atomic E-state index is 0.00946. The van der Waals surface area contributed by atoms with Gasteiger partial charge in [0.25, 0.3) is 5.69 Å². The Morgan fingerprint density at radius 3 is 2.59 bits per heavy atom. The zero-order valence-corrected chi connectivity index (χ0v) is 15.0. The quantitative estimate of drug-likeness (QED) is 0.343. The zero-order chi connectivity index (χ0) is 19.1. The molecule has 0 aliphatic carbocycles. The third kappa shape index (κ3) is 5.29. The Morgan fingerprint density at radius 1 is 1.07 bits per heavy atom. The number of hydrogen-bond donors (Lipinski definition) is 1. The van der Waals surface area contributed by atoms with Crippen LogP contribution in [0.2, 0.25) is 5.02 Å². The van der Waals surface area contributed by atoms with Gasteiger partial charge in [0.05, 0.1) is 16.8 Å². The molecule has 6 nitrogen and oxygen atoms in total. The first-order valence-electron chi connectivity index (χ1n) is 8.11. The summed E-state index contributed by atoms with van der Waals surface area (Å²) in [5.74, 6) is 0.721. The molecule has 136 valence electrons.